The third kappa shape index (κ3) is 5.78. The third-order valence-electron chi connectivity index (χ3n) is 2.94. The van der Waals surface area contributed by atoms with E-state index in [0.717, 1.165) is 35.8 Å². The van der Waals surface area contributed by atoms with Crippen molar-refractivity contribution in [1.29, 1.82) is 0 Å². The van der Waals surface area contributed by atoms with Crippen LogP contribution in [0.15, 0.2) is 23.0 Å². The van der Waals surface area contributed by atoms with Crippen molar-refractivity contribution in [3.05, 3.63) is 23.0 Å². The van der Waals surface area contributed by atoms with E-state index in [9.17, 15) is 4.79 Å². The quantitative estimate of drug-likeness (QED) is 0.430. The van der Waals surface area contributed by atoms with Gasteiger partial charge in [0.05, 0.1) is 4.20 Å². The smallest absolute Gasteiger partial charge is 0.154 e. The first-order valence-corrected chi connectivity index (χ1v) is 8.15. The summed E-state index contributed by atoms with van der Waals surface area (Å²) in [6, 6.07) is 0. The Bertz CT molecular complexity index is 414. The fourth-order valence-electron chi connectivity index (χ4n) is 2.12. The topological polar surface area (TPSA) is 41.1 Å². The van der Waals surface area contributed by atoms with Gasteiger partial charge in [0, 0.05) is 24.5 Å². The average Bonchev–Trinajstić information content (AvgIpc) is 2.81. The van der Waals surface area contributed by atoms with E-state index in [2.05, 4.69) is 10.6 Å². The zero-order chi connectivity index (χ0) is 14.3. The van der Waals surface area contributed by atoms with Gasteiger partial charge in [-0.25, -0.2) is 0 Å². The summed E-state index contributed by atoms with van der Waals surface area (Å²) in [6.45, 7) is 5.12. The fourth-order valence-corrected chi connectivity index (χ4v) is 2.81. The first-order chi connectivity index (χ1) is 9.04. The Balaban J connectivity index is 2.37. The van der Waals surface area contributed by atoms with Gasteiger partial charge in [-0.3, -0.25) is 4.79 Å². The first-order valence-electron chi connectivity index (χ1n) is 6.51. The number of allylic oxidation sites excluding steroid dienone is 3. The molecular weight excluding hydrogens is 276 g/mol. The lowest BCUT2D eigenvalue weighted by molar-refractivity contribution is -0.112. The van der Waals surface area contributed by atoms with Crippen molar-refractivity contribution in [2.75, 3.05) is 19.3 Å². The highest BCUT2D eigenvalue weighted by molar-refractivity contribution is 8.23. The molecule has 0 heterocycles. The summed E-state index contributed by atoms with van der Waals surface area (Å²) in [4.78, 5) is 10.9. The van der Waals surface area contributed by atoms with Crippen molar-refractivity contribution in [2.45, 2.75) is 33.1 Å². The van der Waals surface area contributed by atoms with Crippen LogP contribution in [-0.4, -0.2) is 29.3 Å². The van der Waals surface area contributed by atoms with Gasteiger partial charge < -0.3 is 10.6 Å². The molecule has 0 saturated carbocycles. The highest BCUT2D eigenvalue weighted by Gasteiger charge is 2.17. The van der Waals surface area contributed by atoms with Crippen molar-refractivity contribution in [2.24, 2.45) is 0 Å². The number of rotatable bonds is 7. The largest absolute Gasteiger partial charge is 0.387 e. The molecule has 1 aliphatic rings. The van der Waals surface area contributed by atoms with Crippen LogP contribution < -0.4 is 10.6 Å². The van der Waals surface area contributed by atoms with Gasteiger partial charge in [-0.2, -0.15) is 0 Å². The summed E-state index contributed by atoms with van der Waals surface area (Å²) in [5.41, 5.74) is 3.53. The second-order valence-corrected chi connectivity index (χ2v) is 6.08. The molecular formula is C14H22N2OS2. The van der Waals surface area contributed by atoms with E-state index in [1.165, 1.54) is 17.7 Å². The van der Waals surface area contributed by atoms with Gasteiger partial charge >= 0.3 is 0 Å². The van der Waals surface area contributed by atoms with Crippen molar-refractivity contribution in [3.8, 4) is 0 Å². The van der Waals surface area contributed by atoms with Gasteiger partial charge in [0.15, 0.2) is 5.78 Å². The Morgan fingerprint density at radius 1 is 1.37 bits per heavy atom. The molecule has 5 heteroatoms. The second kappa shape index (κ2) is 8.38. The molecule has 0 fully saturated rings. The first kappa shape index (κ1) is 16.2. The van der Waals surface area contributed by atoms with Crippen molar-refractivity contribution in [3.63, 3.8) is 0 Å². The van der Waals surface area contributed by atoms with E-state index in [-0.39, 0.29) is 5.78 Å². The summed E-state index contributed by atoms with van der Waals surface area (Å²) in [6.07, 6.45) is 7.03. The number of hydrogen-bond donors (Lipinski definition) is 2. The summed E-state index contributed by atoms with van der Waals surface area (Å²) >= 11 is 7.01. The molecule has 0 bridgehead atoms. The molecule has 1 aliphatic carbocycles. The van der Waals surface area contributed by atoms with Crippen molar-refractivity contribution in [1.82, 2.24) is 10.6 Å². The standard InChI is InChI=1S/C14H22N2OS2/c1-10(9-11(2)17)15-7-8-16-13-6-4-5-12(13)14(18)19-3/h9,15-16H,4-8H2,1-3H3/b10-9+. The number of carbonyl (C=O) groups excluding carboxylic acids is 1. The average molecular weight is 298 g/mol. The van der Waals surface area contributed by atoms with Crippen molar-refractivity contribution >= 4 is 34.0 Å². The maximum atomic E-state index is 10.9. The summed E-state index contributed by atoms with van der Waals surface area (Å²) in [5.74, 6) is 0.0732. The molecule has 2 N–H and O–H groups in total. The zero-order valence-corrected chi connectivity index (χ0v) is 13.5. The predicted molar refractivity (Wildman–Crippen MR) is 87.4 cm³/mol. The van der Waals surface area contributed by atoms with Gasteiger partial charge in [0.2, 0.25) is 0 Å². The molecule has 0 radical (unpaired) electrons. The molecule has 0 aromatic rings. The van der Waals surface area contributed by atoms with Gasteiger partial charge in [0.1, 0.15) is 0 Å². The molecule has 1 rings (SSSR count). The molecule has 3 nitrogen and oxygen atoms in total. The lowest BCUT2D eigenvalue weighted by atomic mass is 10.2. The molecule has 19 heavy (non-hydrogen) atoms. The van der Waals surface area contributed by atoms with Crippen LogP contribution in [0.1, 0.15) is 33.1 Å². The Labute approximate surface area is 125 Å². The van der Waals surface area contributed by atoms with Gasteiger partial charge in [-0.15, -0.1) is 11.8 Å². The lowest BCUT2D eigenvalue weighted by Crippen LogP contribution is -2.26. The van der Waals surface area contributed by atoms with Gasteiger partial charge in [-0.05, 0) is 51.0 Å². The third-order valence-corrected chi connectivity index (χ3v) is 4.30. The molecule has 0 aromatic heterocycles. The molecule has 0 aromatic carbocycles. The number of carbonyl (C=O) groups is 1. The maximum absolute atomic E-state index is 10.9. The molecule has 0 spiro atoms. The zero-order valence-electron chi connectivity index (χ0n) is 11.8. The molecule has 0 unspecified atom stereocenters. The lowest BCUT2D eigenvalue weighted by Gasteiger charge is -2.12. The van der Waals surface area contributed by atoms with Crippen LogP contribution in [0.3, 0.4) is 0 Å². The Hall–Kier alpha value is -0.810. The van der Waals surface area contributed by atoms with Crippen LogP contribution >= 0.6 is 24.0 Å². The van der Waals surface area contributed by atoms with E-state index in [4.69, 9.17) is 12.2 Å². The Morgan fingerprint density at radius 3 is 2.74 bits per heavy atom. The number of thiocarbonyl (C=S) groups is 1. The van der Waals surface area contributed by atoms with Crippen LogP contribution in [0.2, 0.25) is 0 Å². The second-order valence-electron chi connectivity index (χ2n) is 4.59. The predicted octanol–water partition coefficient (Wildman–Crippen LogP) is 2.79. The van der Waals surface area contributed by atoms with Gasteiger partial charge in [0.25, 0.3) is 0 Å². The fraction of sp³-hybridized carbons (Fsp3) is 0.571. The van der Waals surface area contributed by atoms with Crippen molar-refractivity contribution < 1.29 is 4.79 Å². The van der Waals surface area contributed by atoms with Crippen LogP contribution in [0, 0.1) is 0 Å². The van der Waals surface area contributed by atoms with Crippen LogP contribution in [0.4, 0.5) is 0 Å². The van der Waals surface area contributed by atoms with E-state index < -0.39 is 0 Å². The minimum atomic E-state index is 0.0732. The van der Waals surface area contributed by atoms with E-state index >= 15 is 0 Å². The minimum Gasteiger partial charge on any atom is -0.387 e. The monoisotopic (exact) mass is 298 g/mol. The molecule has 0 saturated heterocycles. The van der Waals surface area contributed by atoms with E-state index in [1.807, 2.05) is 13.2 Å². The van der Waals surface area contributed by atoms with Crippen LogP contribution in [-0.2, 0) is 4.79 Å². The molecule has 0 atom stereocenters. The summed E-state index contributed by atoms with van der Waals surface area (Å²) in [5, 5.41) is 6.67. The number of nitrogens with one attached hydrogen (secondary N) is 2. The maximum Gasteiger partial charge on any atom is 0.154 e. The number of hydrogen-bond acceptors (Lipinski definition) is 5. The van der Waals surface area contributed by atoms with Gasteiger partial charge in [-0.1, -0.05) is 12.2 Å². The molecule has 0 aliphatic heterocycles. The Kier molecular flexibility index (Phi) is 7.16. The highest BCUT2D eigenvalue weighted by Crippen LogP contribution is 2.28. The van der Waals surface area contributed by atoms with Crippen LogP contribution in [0.5, 0.6) is 0 Å². The normalized spacial score (nSPS) is 15.6. The molecule has 106 valence electrons. The molecule has 0 amide bonds. The summed E-state index contributed by atoms with van der Waals surface area (Å²) in [7, 11) is 0. The number of thioether (sulfide) groups is 1. The number of ketones is 1. The van der Waals surface area contributed by atoms with E-state index in [1.54, 1.807) is 24.8 Å². The van der Waals surface area contributed by atoms with Crippen LogP contribution in [0.25, 0.3) is 0 Å². The highest BCUT2D eigenvalue weighted by atomic mass is 32.2. The summed E-state index contributed by atoms with van der Waals surface area (Å²) < 4.78 is 1.01. The Morgan fingerprint density at radius 2 is 2.11 bits per heavy atom. The minimum absolute atomic E-state index is 0.0732. The SMILES string of the molecule is CSC(=S)C1=C(NCCN/C(C)=C/C(C)=O)CCC1. The van der Waals surface area contributed by atoms with E-state index in [0.29, 0.717) is 0 Å².